The van der Waals surface area contributed by atoms with Crippen molar-refractivity contribution in [3.05, 3.63) is 28.8 Å². The molecule has 2 N–H and O–H groups in total. The monoisotopic (exact) mass is 275 g/mol. The summed E-state index contributed by atoms with van der Waals surface area (Å²) in [6, 6.07) is 3.92. The zero-order valence-corrected chi connectivity index (χ0v) is 13.2. The summed E-state index contributed by atoms with van der Waals surface area (Å²) in [6.07, 6.45) is 2.24. The summed E-state index contributed by atoms with van der Waals surface area (Å²) >= 11 is 0. The van der Waals surface area contributed by atoms with Crippen LogP contribution in [0.25, 0.3) is 0 Å². The van der Waals surface area contributed by atoms with Gasteiger partial charge in [0.2, 0.25) is 0 Å². The van der Waals surface area contributed by atoms with Gasteiger partial charge in [0.15, 0.2) is 0 Å². The molecule has 0 fully saturated rings. The van der Waals surface area contributed by atoms with Gasteiger partial charge in [-0.2, -0.15) is 0 Å². The minimum atomic E-state index is -0.327. The van der Waals surface area contributed by atoms with Crippen LogP contribution in [0.15, 0.2) is 12.1 Å². The maximum Gasteiger partial charge on any atom is 0.340 e. The van der Waals surface area contributed by atoms with Gasteiger partial charge in [0, 0.05) is 5.69 Å². The van der Waals surface area contributed by atoms with Crippen LogP contribution in [-0.2, 0) is 15.6 Å². The zero-order chi connectivity index (χ0) is 15.1. The van der Waals surface area contributed by atoms with Gasteiger partial charge in [0.05, 0.1) is 12.2 Å². The van der Waals surface area contributed by atoms with Crippen LogP contribution in [0.1, 0.15) is 68.9 Å². The smallest absolute Gasteiger partial charge is 0.340 e. The Labute approximate surface area is 121 Å². The van der Waals surface area contributed by atoms with Crippen LogP contribution in [0.5, 0.6) is 0 Å². The van der Waals surface area contributed by atoms with Crippen molar-refractivity contribution in [2.75, 3.05) is 12.3 Å². The summed E-state index contributed by atoms with van der Waals surface area (Å²) in [7, 11) is 0. The first-order valence-electron chi connectivity index (χ1n) is 7.30. The number of ether oxygens (including phenoxy) is 1. The van der Waals surface area contributed by atoms with Gasteiger partial charge in [-0.25, -0.2) is 4.79 Å². The number of carbonyl (C=O) groups excluding carboxylic acids is 1. The van der Waals surface area contributed by atoms with E-state index in [1.54, 1.807) is 6.92 Å². The van der Waals surface area contributed by atoms with Crippen molar-refractivity contribution in [1.82, 2.24) is 0 Å². The lowest BCUT2D eigenvalue weighted by molar-refractivity contribution is 0.0527. The summed E-state index contributed by atoms with van der Waals surface area (Å²) in [5.74, 6) is -0.327. The number of anilines is 1. The highest BCUT2D eigenvalue weighted by atomic mass is 16.5. The van der Waals surface area contributed by atoms with Crippen LogP contribution in [0, 0.1) is 0 Å². The van der Waals surface area contributed by atoms with Crippen LogP contribution in [0.2, 0.25) is 0 Å². The standard InChI is InChI=1S/C17H25NO2/c1-6-20-15(19)11-9-12-13(10-14(11)18)17(4,5)8-7-16(12,2)3/h9-10H,6-8,18H2,1-5H3. The number of hydrogen-bond donors (Lipinski definition) is 1. The molecule has 0 spiro atoms. The third kappa shape index (κ3) is 2.41. The van der Waals surface area contributed by atoms with Crippen molar-refractivity contribution < 1.29 is 9.53 Å². The Kier molecular flexibility index (Phi) is 3.57. The molecular weight excluding hydrogens is 250 g/mol. The highest BCUT2D eigenvalue weighted by Crippen LogP contribution is 2.46. The third-order valence-corrected chi connectivity index (χ3v) is 4.52. The topological polar surface area (TPSA) is 52.3 Å². The van der Waals surface area contributed by atoms with E-state index in [9.17, 15) is 4.79 Å². The van der Waals surface area contributed by atoms with Gasteiger partial charge in [-0.3, -0.25) is 0 Å². The molecular formula is C17H25NO2. The Bertz CT molecular complexity index is 544. The number of hydrogen-bond acceptors (Lipinski definition) is 3. The molecule has 1 aromatic carbocycles. The molecule has 0 bridgehead atoms. The molecule has 0 aromatic heterocycles. The van der Waals surface area contributed by atoms with E-state index in [4.69, 9.17) is 10.5 Å². The van der Waals surface area contributed by atoms with E-state index in [1.807, 2.05) is 12.1 Å². The van der Waals surface area contributed by atoms with Gasteiger partial charge < -0.3 is 10.5 Å². The minimum absolute atomic E-state index is 0.0692. The SMILES string of the molecule is CCOC(=O)c1cc2c(cc1N)C(C)(C)CCC2(C)C. The zero-order valence-electron chi connectivity index (χ0n) is 13.2. The number of nitrogens with two attached hydrogens (primary N) is 1. The number of benzene rings is 1. The van der Waals surface area contributed by atoms with Crippen LogP contribution in [0.3, 0.4) is 0 Å². The van der Waals surface area contributed by atoms with E-state index in [0.717, 1.165) is 12.8 Å². The molecule has 0 amide bonds. The number of esters is 1. The van der Waals surface area contributed by atoms with E-state index in [0.29, 0.717) is 17.9 Å². The molecule has 0 heterocycles. The molecule has 3 nitrogen and oxygen atoms in total. The molecule has 1 aliphatic rings. The number of carbonyl (C=O) groups is 1. The van der Waals surface area contributed by atoms with Crippen LogP contribution in [-0.4, -0.2) is 12.6 Å². The van der Waals surface area contributed by atoms with E-state index >= 15 is 0 Å². The highest BCUT2D eigenvalue weighted by Gasteiger charge is 2.38. The quantitative estimate of drug-likeness (QED) is 0.660. The van der Waals surface area contributed by atoms with E-state index in [2.05, 4.69) is 27.7 Å². The van der Waals surface area contributed by atoms with E-state index in [-0.39, 0.29) is 16.8 Å². The molecule has 2 rings (SSSR count). The average molecular weight is 275 g/mol. The summed E-state index contributed by atoms with van der Waals surface area (Å²) in [6.45, 7) is 11.1. The Morgan fingerprint density at radius 1 is 1.15 bits per heavy atom. The fraction of sp³-hybridized carbons (Fsp3) is 0.588. The molecule has 0 unspecified atom stereocenters. The molecule has 0 atom stereocenters. The largest absolute Gasteiger partial charge is 0.462 e. The molecule has 0 aliphatic heterocycles. The van der Waals surface area contributed by atoms with Gasteiger partial charge >= 0.3 is 5.97 Å². The van der Waals surface area contributed by atoms with Crippen molar-refractivity contribution in [2.24, 2.45) is 0 Å². The Hall–Kier alpha value is -1.51. The second-order valence-corrected chi connectivity index (χ2v) is 6.97. The van der Waals surface area contributed by atoms with Crippen molar-refractivity contribution in [3.63, 3.8) is 0 Å². The van der Waals surface area contributed by atoms with Crippen LogP contribution >= 0.6 is 0 Å². The van der Waals surface area contributed by atoms with Crippen LogP contribution in [0.4, 0.5) is 5.69 Å². The van der Waals surface area contributed by atoms with E-state index in [1.165, 1.54) is 11.1 Å². The van der Waals surface area contributed by atoms with Gasteiger partial charge in [-0.1, -0.05) is 27.7 Å². The van der Waals surface area contributed by atoms with Gasteiger partial charge in [0.25, 0.3) is 0 Å². The lowest BCUT2D eigenvalue weighted by atomic mass is 9.63. The molecule has 3 heteroatoms. The number of nitrogen functional groups attached to an aromatic ring is 1. The summed E-state index contributed by atoms with van der Waals surface area (Å²) in [5, 5.41) is 0. The predicted molar refractivity (Wildman–Crippen MR) is 82.1 cm³/mol. The maximum absolute atomic E-state index is 12.0. The summed E-state index contributed by atoms with van der Waals surface area (Å²) in [4.78, 5) is 12.0. The summed E-state index contributed by atoms with van der Waals surface area (Å²) < 4.78 is 5.10. The van der Waals surface area contributed by atoms with Crippen LogP contribution < -0.4 is 5.73 Å². The first kappa shape index (κ1) is 14.9. The lowest BCUT2D eigenvalue weighted by Gasteiger charge is -2.42. The first-order chi connectivity index (χ1) is 9.19. The fourth-order valence-corrected chi connectivity index (χ4v) is 3.02. The second-order valence-electron chi connectivity index (χ2n) is 6.97. The first-order valence-corrected chi connectivity index (χ1v) is 7.30. The number of rotatable bonds is 2. The molecule has 0 saturated heterocycles. The normalized spacial score (nSPS) is 19.2. The van der Waals surface area contributed by atoms with Crippen molar-refractivity contribution in [1.29, 1.82) is 0 Å². The minimum Gasteiger partial charge on any atom is -0.462 e. The molecule has 110 valence electrons. The number of fused-ring (bicyclic) bond motifs is 1. The van der Waals surface area contributed by atoms with E-state index < -0.39 is 0 Å². The highest BCUT2D eigenvalue weighted by molar-refractivity contribution is 5.95. The Morgan fingerprint density at radius 3 is 2.15 bits per heavy atom. The summed E-state index contributed by atoms with van der Waals surface area (Å²) in [5.41, 5.74) is 9.77. The molecule has 1 aliphatic carbocycles. The molecule has 20 heavy (non-hydrogen) atoms. The Balaban J connectivity index is 2.61. The van der Waals surface area contributed by atoms with Gasteiger partial charge in [-0.05, 0) is 53.9 Å². The fourth-order valence-electron chi connectivity index (χ4n) is 3.02. The van der Waals surface area contributed by atoms with Crippen molar-refractivity contribution >= 4 is 11.7 Å². The molecule has 1 aromatic rings. The van der Waals surface area contributed by atoms with Gasteiger partial charge in [0.1, 0.15) is 0 Å². The third-order valence-electron chi connectivity index (χ3n) is 4.52. The van der Waals surface area contributed by atoms with Gasteiger partial charge in [-0.15, -0.1) is 0 Å². The van der Waals surface area contributed by atoms with Crippen molar-refractivity contribution in [2.45, 2.75) is 58.3 Å². The maximum atomic E-state index is 12.0. The average Bonchev–Trinajstić information content (AvgIpc) is 2.35. The second kappa shape index (κ2) is 4.80. The van der Waals surface area contributed by atoms with Crippen molar-refractivity contribution in [3.8, 4) is 0 Å². The molecule has 0 radical (unpaired) electrons. The Morgan fingerprint density at radius 2 is 1.65 bits per heavy atom. The lowest BCUT2D eigenvalue weighted by Crippen LogP contribution is -2.34. The molecule has 0 saturated carbocycles. The predicted octanol–water partition coefficient (Wildman–Crippen LogP) is 3.79.